The number of aromatic nitrogens is 2. The van der Waals surface area contributed by atoms with E-state index in [2.05, 4.69) is 52.3 Å². The van der Waals surface area contributed by atoms with Crippen LogP contribution in [0.15, 0.2) is 6.07 Å². The molecule has 1 aromatic rings. The van der Waals surface area contributed by atoms with Crippen molar-refractivity contribution in [3.05, 3.63) is 11.9 Å². The molecule has 1 saturated heterocycles. The Kier molecular flexibility index (Phi) is 4.58. The highest BCUT2D eigenvalue weighted by Gasteiger charge is 2.18. The molecule has 0 spiro atoms. The number of hydrogen-bond donors (Lipinski definition) is 2. The topological polar surface area (TPSA) is 53.1 Å². The van der Waals surface area contributed by atoms with E-state index in [1.54, 1.807) is 0 Å². The molecular formula is C14H25N5. The average molecular weight is 263 g/mol. The summed E-state index contributed by atoms with van der Waals surface area (Å²) >= 11 is 0. The summed E-state index contributed by atoms with van der Waals surface area (Å²) in [6.45, 7) is 11.5. The summed E-state index contributed by atoms with van der Waals surface area (Å²) in [5.41, 5.74) is 0. The molecule has 2 N–H and O–H groups in total. The SMILES string of the molecule is CCC(C)Nc1cc(N2CCNC(C)C2)nc(C)n1. The Bertz CT molecular complexity index is 420. The Morgan fingerprint density at radius 2 is 2.32 bits per heavy atom. The van der Waals surface area contributed by atoms with E-state index < -0.39 is 0 Å². The Morgan fingerprint density at radius 3 is 3.00 bits per heavy atom. The molecule has 1 aromatic heterocycles. The van der Waals surface area contributed by atoms with Crippen LogP contribution < -0.4 is 15.5 Å². The first-order valence-electron chi connectivity index (χ1n) is 7.19. The molecule has 19 heavy (non-hydrogen) atoms. The van der Waals surface area contributed by atoms with Crippen LogP contribution >= 0.6 is 0 Å². The maximum absolute atomic E-state index is 4.57. The quantitative estimate of drug-likeness (QED) is 0.867. The lowest BCUT2D eigenvalue weighted by atomic mass is 10.2. The van der Waals surface area contributed by atoms with Crippen molar-refractivity contribution in [1.82, 2.24) is 15.3 Å². The Labute approximate surface area is 115 Å². The molecule has 5 heteroatoms. The van der Waals surface area contributed by atoms with Gasteiger partial charge in [0.2, 0.25) is 0 Å². The minimum atomic E-state index is 0.434. The zero-order chi connectivity index (χ0) is 13.8. The van der Waals surface area contributed by atoms with Gasteiger partial charge < -0.3 is 15.5 Å². The molecule has 0 aromatic carbocycles. The zero-order valence-electron chi connectivity index (χ0n) is 12.4. The van der Waals surface area contributed by atoms with Crippen molar-refractivity contribution in [3.8, 4) is 0 Å². The molecule has 1 aliphatic rings. The molecule has 0 radical (unpaired) electrons. The van der Waals surface area contributed by atoms with Gasteiger partial charge in [0.15, 0.2) is 0 Å². The normalized spacial score (nSPS) is 21.3. The van der Waals surface area contributed by atoms with E-state index in [1.165, 1.54) is 0 Å². The molecule has 1 fully saturated rings. The van der Waals surface area contributed by atoms with Gasteiger partial charge in [-0.3, -0.25) is 0 Å². The standard InChI is InChI=1S/C14H25N5/c1-5-10(2)16-13-8-14(18-12(4)17-13)19-7-6-15-11(3)9-19/h8,10-11,15H,5-7,9H2,1-4H3,(H,16,17,18). The highest BCUT2D eigenvalue weighted by molar-refractivity contribution is 5.50. The number of piperazine rings is 1. The summed E-state index contributed by atoms with van der Waals surface area (Å²) in [7, 11) is 0. The molecule has 106 valence electrons. The van der Waals surface area contributed by atoms with E-state index >= 15 is 0 Å². The number of nitrogens with zero attached hydrogens (tertiary/aromatic N) is 3. The van der Waals surface area contributed by atoms with Crippen LogP contribution in [-0.2, 0) is 0 Å². The first-order valence-corrected chi connectivity index (χ1v) is 7.19. The molecular weight excluding hydrogens is 238 g/mol. The van der Waals surface area contributed by atoms with Gasteiger partial charge in [0.1, 0.15) is 17.5 Å². The van der Waals surface area contributed by atoms with Gasteiger partial charge in [-0.05, 0) is 27.2 Å². The number of nitrogens with one attached hydrogen (secondary N) is 2. The fourth-order valence-corrected chi connectivity index (χ4v) is 2.28. The maximum Gasteiger partial charge on any atom is 0.134 e. The van der Waals surface area contributed by atoms with Crippen LogP contribution in [0.2, 0.25) is 0 Å². The van der Waals surface area contributed by atoms with E-state index in [1.807, 2.05) is 6.92 Å². The Hall–Kier alpha value is -1.36. The van der Waals surface area contributed by atoms with Gasteiger partial charge in [0, 0.05) is 37.8 Å². The van der Waals surface area contributed by atoms with E-state index in [4.69, 9.17) is 0 Å². The van der Waals surface area contributed by atoms with Gasteiger partial charge in [0.05, 0.1) is 0 Å². The number of hydrogen-bond acceptors (Lipinski definition) is 5. The summed E-state index contributed by atoms with van der Waals surface area (Å²) in [4.78, 5) is 11.4. The molecule has 2 heterocycles. The molecule has 0 bridgehead atoms. The monoisotopic (exact) mass is 263 g/mol. The third-order valence-corrected chi connectivity index (χ3v) is 3.52. The molecule has 0 saturated carbocycles. The van der Waals surface area contributed by atoms with Crippen molar-refractivity contribution in [2.45, 2.75) is 46.2 Å². The maximum atomic E-state index is 4.57. The number of rotatable bonds is 4. The van der Waals surface area contributed by atoms with Crippen molar-refractivity contribution in [1.29, 1.82) is 0 Å². The van der Waals surface area contributed by atoms with Gasteiger partial charge in [-0.1, -0.05) is 6.92 Å². The molecule has 2 unspecified atom stereocenters. The molecule has 0 amide bonds. The fraction of sp³-hybridized carbons (Fsp3) is 0.714. The van der Waals surface area contributed by atoms with Crippen LogP contribution in [0.1, 0.15) is 33.0 Å². The highest BCUT2D eigenvalue weighted by Crippen LogP contribution is 2.18. The second-order valence-corrected chi connectivity index (χ2v) is 5.41. The summed E-state index contributed by atoms with van der Waals surface area (Å²) in [6, 6.07) is 3.01. The lowest BCUT2D eigenvalue weighted by molar-refractivity contribution is 0.482. The first kappa shape index (κ1) is 14.1. The van der Waals surface area contributed by atoms with E-state index in [-0.39, 0.29) is 0 Å². The first-order chi connectivity index (χ1) is 9.08. The third-order valence-electron chi connectivity index (χ3n) is 3.52. The second kappa shape index (κ2) is 6.19. The summed E-state index contributed by atoms with van der Waals surface area (Å²) < 4.78 is 0. The summed E-state index contributed by atoms with van der Waals surface area (Å²) in [6.07, 6.45) is 1.09. The molecule has 2 rings (SSSR count). The van der Waals surface area contributed by atoms with Gasteiger partial charge in [-0.15, -0.1) is 0 Å². The predicted molar refractivity (Wildman–Crippen MR) is 79.8 cm³/mol. The smallest absolute Gasteiger partial charge is 0.134 e. The number of anilines is 2. The van der Waals surface area contributed by atoms with Crippen molar-refractivity contribution in [2.75, 3.05) is 29.9 Å². The zero-order valence-corrected chi connectivity index (χ0v) is 12.4. The van der Waals surface area contributed by atoms with Crippen molar-refractivity contribution in [2.24, 2.45) is 0 Å². The summed E-state index contributed by atoms with van der Waals surface area (Å²) in [5.74, 6) is 2.80. The Morgan fingerprint density at radius 1 is 1.53 bits per heavy atom. The van der Waals surface area contributed by atoms with Crippen LogP contribution in [0.5, 0.6) is 0 Å². The second-order valence-electron chi connectivity index (χ2n) is 5.41. The van der Waals surface area contributed by atoms with Crippen LogP contribution in [0.4, 0.5) is 11.6 Å². The predicted octanol–water partition coefficient (Wildman–Crippen LogP) is 1.79. The molecule has 2 atom stereocenters. The van der Waals surface area contributed by atoms with Crippen LogP contribution in [0.3, 0.4) is 0 Å². The third kappa shape index (κ3) is 3.80. The van der Waals surface area contributed by atoms with Crippen LogP contribution in [0.25, 0.3) is 0 Å². The fourth-order valence-electron chi connectivity index (χ4n) is 2.28. The number of aryl methyl sites for hydroxylation is 1. The minimum absolute atomic E-state index is 0.434. The van der Waals surface area contributed by atoms with E-state index in [0.717, 1.165) is 43.5 Å². The van der Waals surface area contributed by atoms with Gasteiger partial charge in [0.25, 0.3) is 0 Å². The van der Waals surface area contributed by atoms with Crippen molar-refractivity contribution in [3.63, 3.8) is 0 Å². The van der Waals surface area contributed by atoms with Gasteiger partial charge in [-0.2, -0.15) is 0 Å². The van der Waals surface area contributed by atoms with E-state index in [9.17, 15) is 0 Å². The Balaban J connectivity index is 2.16. The van der Waals surface area contributed by atoms with Gasteiger partial charge >= 0.3 is 0 Å². The van der Waals surface area contributed by atoms with Crippen molar-refractivity contribution >= 4 is 11.6 Å². The highest BCUT2D eigenvalue weighted by atomic mass is 15.3. The lowest BCUT2D eigenvalue weighted by Crippen LogP contribution is -2.49. The van der Waals surface area contributed by atoms with Gasteiger partial charge in [-0.25, -0.2) is 9.97 Å². The molecule has 5 nitrogen and oxygen atoms in total. The lowest BCUT2D eigenvalue weighted by Gasteiger charge is -2.33. The minimum Gasteiger partial charge on any atom is -0.367 e. The molecule has 0 aliphatic carbocycles. The molecule has 1 aliphatic heterocycles. The summed E-state index contributed by atoms with van der Waals surface area (Å²) in [5, 5.41) is 6.88. The van der Waals surface area contributed by atoms with Crippen LogP contribution in [-0.4, -0.2) is 41.7 Å². The largest absolute Gasteiger partial charge is 0.367 e. The van der Waals surface area contributed by atoms with E-state index in [0.29, 0.717) is 12.1 Å². The van der Waals surface area contributed by atoms with Crippen LogP contribution in [0, 0.1) is 6.92 Å². The average Bonchev–Trinajstić information content (AvgIpc) is 2.38. The van der Waals surface area contributed by atoms with Crippen molar-refractivity contribution < 1.29 is 0 Å².